The summed E-state index contributed by atoms with van der Waals surface area (Å²) in [7, 11) is 0. The van der Waals surface area contributed by atoms with E-state index in [1.165, 1.54) is 6.42 Å². The first kappa shape index (κ1) is 15.6. The molecule has 128 valence electrons. The standard InChI is InChI=1S/C19H25N3O2/c1-13-4-2-7-17(20-13)19(24)22-11-14-8-9-16(22)12-21(10-14)18(23)15-5-3-6-15/h2,4,7,14-16H,3,5-6,8-12H2,1H3/t14-,16+/m0/s1. The number of fused-ring (bicyclic) bond motifs is 4. The Hall–Kier alpha value is -1.91. The fourth-order valence-corrected chi connectivity index (χ4v) is 4.23. The van der Waals surface area contributed by atoms with Crippen molar-refractivity contribution in [3.63, 3.8) is 0 Å². The number of amides is 2. The van der Waals surface area contributed by atoms with Gasteiger partial charge < -0.3 is 9.80 Å². The van der Waals surface area contributed by atoms with Crippen LogP contribution in [0.25, 0.3) is 0 Å². The Balaban J connectivity index is 1.52. The summed E-state index contributed by atoms with van der Waals surface area (Å²) in [6.45, 7) is 4.18. The normalized spacial score (nSPS) is 26.9. The van der Waals surface area contributed by atoms with Gasteiger partial charge in [0.25, 0.3) is 5.91 Å². The third-order valence-electron chi connectivity index (χ3n) is 5.85. The van der Waals surface area contributed by atoms with Gasteiger partial charge in [0.2, 0.25) is 5.91 Å². The molecule has 0 unspecified atom stereocenters. The maximum atomic E-state index is 12.9. The molecule has 0 aromatic carbocycles. The zero-order chi connectivity index (χ0) is 16.7. The lowest BCUT2D eigenvalue weighted by Gasteiger charge is -2.36. The van der Waals surface area contributed by atoms with Gasteiger partial charge in [-0.2, -0.15) is 0 Å². The molecule has 1 aromatic rings. The van der Waals surface area contributed by atoms with E-state index in [0.29, 0.717) is 24.1 Å². The topological polar surface area (TPSA) is 53.5 Å². The van der Waals surface area contributed by atoms with Gasteiger partial charge in [0.1, 0.15) is 5.69 Å². The van der Waals surface area contributed by atoms with E-state index in [1.54, 1.807) is 6.07 Å². The van der Waals surface area contributed by atoms with Crippen LogP contribution in [0.3, 0.4) is 0 Å². The van der Waals surface area contributed by atoms with Gasteiger partial charge in [0.15, 0.2) is 0 Å². The van der Waals surface area contributed by atoms with E-state index in [2.05, 4.69) is 4.98 Å². The number of hydrogen-bond donors (Lipinski definition) is 0. The summed E-state index contributed by atoms with van der Waals surface area (Å²) in [5.74, 6) is 0.985. The first-order valence-electron chi connectivity index (χ1n) is 9.15. The van der Waals surface area contributed by atoms with E-state index in [9.17, 15) is 9.59 Å². The van der Waals surface area contributed by atoms with Crippen molar-refractivity contribution in [1.82, 2.24) is 14.8 Å². The van der Waals surface area contributed by atoms with E-state index in [-0.39, 0.29) is 17.9 Å². The second-order valence-electron chi connectivity index (χ2n) is 7.59. The van der Waals surface area contributed by atoms with E-state index < -0.39 is 0 Å². The lowest BCUT2D eigenvalue weighted by atomic mass is 9.84. The highest BCUT2D eigenvalue weighted by Gasteiger charge is 2.41. The zero-order valence-corrected chi connectivity index (χ0v) is 14.3. The molecule has 1 aliphatic carbocycles. The Kier molecular flexibility index (Phi) is 4.02. The molecule has 0 spiro atoms. The smallest absolute Gasteiger partial charge is 0.272 e. The predicted molar refractivity (Wildman–Crippen MR) is 90.4 cm³/mol. The molecule has 4 aliphatic rings. The van der Waals surface area contributed by atoms with Crippen LogP contribution in [0.5, 0.6) is 0 Å². The van der Waals surface area contributed by atoms with Gasteiger partial charge >= 0.3 is 0 Å². The van der Waals surface area contributed by atoms with Crippen LogP contribution in [-0.4, -0.2) is 52.3 Å². The van der Waals surface area contributed by atoms with Gasteiger partial charge in [-0.05, 0) is 50.7 Å². The summed E-state index contributed by atoms with van der Waals surface area (Å²) < 4.78 is 0. The van der Waals surface area contributed by atoms with E-state index in [4.69, 9.17) is 0 Å². The van der Waals surface area contributed by atoms with Crippen LogP contribution in [0.2, 0.25) is 0 Å². The van der Waals surface area contributed by atoms with Gasteiger partial charge in [-0.25, -0.2) is 4.98 Å². The first-order chi connectivity index (χ1) is 11.6. The molecule has 24 heavy (non-hydrogen) atoms. The predicted octanol–water partition coefficient (Wildman–Crippen LogP) is 2.25. The second kappa shape index (κ2) is 6.19. The van der Waals surface area contributed by atoms with Crippen LogP contribution in [0, 0.1) is 18.8 Å². The monoisotopic (exact) mass is 327 g/mol. The first-order valence-corrected chi connectivity index (χ1v) is 9.15. The van der Waals surface area contributed by atoms with Crippen LogP contribution >= 0.6 is 0 Å². The molecule has 1 aromatic heterocycles. The van der Waals surface area contributed by atoms with E-state index in [0.717, 1.165) is 44.5 Å². The van der Waals surface area contributed by atoms with Gasteiger partial charge in [0, 0.05) is 37.3 Å². The Labute approximate surface area is 143 Å². The lowest BCUT2D eigenvalue weighted by molar-refractivity contribution is -0.138. The van der Waals surface area contributed by atoms with Crippen LogP contribution < -0.4 is 0 Å². The molecule has 1 saturated carbocycles. The molecule has 5 rings (SSSR count). The van der Waals surface area contributed by atoms with Crippen LogP contribution in [0.1, 0.15) is 48.3 Å². The summed E-state index contributed by atoms with van der Waals surface area (Å²) in [6.07, 6.45) is 5.38. The van der Waals surface area contributed by atoms with Crippen molar-refractivity contribution in [2.45, 2.75) is 45.1 Å². The summed E-state index contributed by atoms with van der Waals surface area (Å²) in [6, 6.07) is 5.73. The Morgan fingerprint density at radius 1 is 1.08 bits per heavy atom. The molecular weight excluding hydrogens is 302 g/mol. The molecule has 2 amide bonds. The van der Waals surface area contributed by atoms with Crippen molar-refractivity contribution in [3.8, 4) is 0 Å². The Bertz CT molecular complexity index is 656. The molecule has 2 bridgehead atoms. The van der Waals surface area contributed by atoms with Crippen LogP contribution in [-0.2, 0) is 4.79 Å². The highest BCUT2D eigenvalue weighted by molar-refractivity contribution is 5.92. The minimum atomic E-state index is 0.0198. The van der Waals surface area contributed by atoms with Gasteiger partial charge in [-0.3, -0.25) is 9.59 Å². The molecule has 0 radical (unpaired) electrons. The Morgan fingerprint density at radius 2 is 1.92 bits per heavy atom. The number of nitrogens with zero attached hydrogens (tertiary/aromatic N) is 3. The van der Waals surface area contributed by atoms with Gasteiger partial charge in [0.05, 0.1) is 0 Å². The van der Waals surface area contributed by atoms with Crippen molar-refractivity contribution in [2.24, 2.45) is 11.8 Å². The summed E-state index contributed by atoms with van der Waals surface area (Å²) in [5.41, 5.74) is 1.39. The maximum absolute atomic E-state index is 12.9. The number of hydrogen-bond acceptors (Lipinski definition) is 3. The van der Waals surface area contributed by atoms with Crippen molar-refractivity contribution in [1.29, 1.82) is 0 Å². The highest BCUT2D eigenvalue weighted by Crippen LogP contribution is 2.33. The van der Waals surface area contributed by atoms with Crippen molar-refractivity contribution in [2.75, 3.05) is 19.6 Å². The van der Waals surface area contributed by atoms with Crippen molar-refractivity contribution in [3.05, 3.63) is 29.6 Å². The molecule has 2 atom stereocenters. The molecule has 4 fully saturated rings. The SMILES string of the molecule is Cc1cccc(C(=O)N2C[C@H]3CC[C@@H]2CN(C(=O)C2CCC2)C3)n1. The maximum Gasteiger partial charge on any atom is 0.272 e. The molecule has 5 nitrogen and oxygen atoms in total. The second-order valence-corrected chi connectivity index (χ2v) is 7.59. The van der Waals surface area contributed by atoms with Crippen molar-refractivity contribution >= 4 is 11.8 Å². The zero-order valence-electron chi connectivity index (χ0n) is 14.3. The number of piperidine rings is 1. The highest BCUT2D eigenvalue weighted by atomic mass is 16.2. The molecular formula is C19H25N3O2. The molecule has 3 aliphatic heterocycles. The quantitative estimate of drug-likeness (QED) is 0.837. The lowest BCUT2D eigenvalue weighted by Crippen LogP contribution is -2.48. The largest absolute Gasteiger partial charge is 0.340 e. The van der Waals surface area contributed by atoms with Crippen LogP contribution in [0.4, 0.5) is 0 Å². The third-order valence-corrected chi connectivity index (χ3v) is 5.85. The van der Waals surface area contributed by atoms with E-state index in [1.807, 2.05) is 28.9 Å². The molecule has 3 saturated heterocycles. The minimum Gasteiger partial charge on any atom is -0.340 e. The average Bonchev–Trinajstić information content (AvgIpc) is 2.84. The average molecular weight is 327 g/mol. The Morgan fingerprint density at radius 3 is 2.62 bits per heavy atom. The minimum absolute atomic E-state index is 0.0198. The number of aryl methyl sites for hydroxylation is 1. The number of carbonyl (C=O) groups is 2. The molecule has 0 N–H and O–H groups in total. The van der Waals surface area contributed by atoms with Crippen LogP contribution in [0.15, 0.2) is 18.2 Å². The van der Waals surface area contributed by atoms with Gasteiger partial charge in [-0.1, -0.05) is 12.5 Å². The number of carbonyl (C=O) groups excluding carboxylic acids is 2. The number of rotatable bonds is 2. The number of aromatic nitrogens is 1. The van der Waals surface area contributed by atoms with E-state index >= 15 is 0 Å². The summed E-state index contributed by atoms with van der Waals surface area (Å²) in [4.78, 5) is 34.0. The summed E-state index contributed by atoms with van der Waals surface area (Å²) in [5, 5.41) is 0. The fraction of sp³-hybridized carbons (Fsp3) is 0.632. The molecule has 5 heteroatoms. The molecule has 4 heterocycles. The third kappa shape index (κ3) is 2.80. The van der Waals surface area contributed by atoms with Gasteiger partial charge in [-0.15, -0.1) is 0 Å². The number of pyridine rings is 1. The van der Waals surface area contributed by atoms with Crippen molar-refractivity contribution < 1.29 is 9.59 Å². The summed E-state index contributed by atoms with van der Waals surface area (Å²) >= 11 is 0. The fourth-order valence-electron chi connectivity index (χ4n) is 4.23.